The minimum absolute atomic E-state index is 0.00300. The fraction of sp³-hybridized carbons (Fsp3) is 0.378. The van der Waals surface area contributed by atoms with E-state index in [1.807, 2.05) is 0 Å². The van der Waals surface area contributed by atoms with E-state index < -0.39 is 71.3 Å². The van der Waals surface area contributed by atoms with Gasteiger partial charge in [-0.2, -0.15) is 52.7 Å². The molecule has 1 aromatic heterocycles. The Morgan fingerprint density at radius 1 is 0.750 bits per heavy atom. The molecule has 3 fully saturated rings. The van der Waals surface area contributed by atoms with Crippen molar-refractivity contribution in [3.05, 3.63) is 125 Å². The molecule has 0 radical (unpaired) electrons. The van der Waals surface area contributed by atoms with Gasteiger partial charge in [0.15, 0.2) is 0 Å². The maximum atomic E-state index is 13.9. The monoisotopic (exact) mass is 747 g/mol. The Morgan fingerprint density at radius 2 is 1.29 bits per heavy atom. The summed E-state index contributed by atoms with van der Waals surface area (Å²) in [6.45, 7) is 3.45. The van der Waals surface area contributed by atoms with Gasteiger partial charge in [-0.15, -0.1) is 6.58 Å². The smallest absolute Gasteiger partial charge is 0.363 e. The highest BCUT2D eigenvalue weighted by Gasteiger charge is 2.55. The zero-order valence-electron chi connectivity index (χ0n) is 27.1. The van der Waals surface area contributed by atoms with E-state index in [9.17, 15) is 52.7 Å². The molecule has 3 aromatic carbocycles. The quantitative estimate of drug-likeness (QED) is 0.102. The number of quaternary nitrogens is 1. The summed E-state index contributed by atoms with van der Waals surface area (Å²) in [5.74, 6) is -0.204. The van der Waals surface area contributed by atoms with E-state index in [2.05, 4.69) is 11.6 Å². The summed E-state index contributed by atoms with van der Waals surface area (Å²) in [5.41, 5.74) is -5.71. The van der Waals surface area contributed by atoms with Crippen LogP contribution < -0.4 is 0 Å². The fourth-order valence-electron chi connectivity index (χ4n) is 7.90. The van der Waals surface area contributed by atoms with E-state index >= 15 is 0 Å². The van der Waals surface area contributed by atoms with Gasteiger partial charge in [0.25, 0.3) is 0 Å². The van der Waals surface area contributed by atoms with E-state index in [0.717, 1.165) is 0 Å². The minimum Gasteiger partial charge on any atom is -0.363 e. The van der Waals surface area contributed by atoms with Gasteiger partial charge in [0.2, 0.25) is 0 Å². The van der Waals surface area contributed by atoms with Gasteiger partial charge in [-0.05, 0) is 65.6 Å². The van der Waals surface area contributed by atoms with Crippen LogP contribution in [0.5, 0.6) is 0 Å². The van der Waals surface area contributed by atoms with Crippen LogP contribution in [0.1, 0.15) is 57.9 Å². The molecular weight excluding hydrogens is 716 g/mol. The van der Waals surface area contributed by atoms with Gasteiger partial charge in [0.05, 0.1) is 47.5 Å². The summed E-state index contributed by atoms with van der Waals surface area (Å²) in [6, 6.07) is 10.2. The molecule has 7 rings (SSSR count). The highest BCUT2D eigenvalue weighted by molar-refractivity contribution is 5.82. The van der Waals surface area contributed by atoms with Crippen molar-refractivity contribution in [2.24, 2.45) is 11.8 Å². The van der Waals surface area contributed by atoms with E-state index in [0.29, 0.717) is 60.1 Å². The second-order valence-corrected chi connectivity index (χ2v) is 13.5. The van der Waals surface area contributed by atoms with E-state index in [4.69, 9.17) is 4.74 Å². The maximum Gasteiger partial charge on any atom is 0.416 e. The van der Waals surface area contributed by atoms with Gasteiger partial charge >= 0.3 is 24.7 Å². The third-order valence-corrected chi connectivity index (χ3v) is 10.2. The van der Waals surface area contributed by atoms with Crippen molar-refractivity contribution < 1.29 is 61.9 Å². The summed E-state index contributed by atoms with van der Waals surface area (Å²) in [6.07, 6.45) is -17.5. The van der Waals surface area contributed by atoms with Crippen molar-refractivity contribution in [1.29, 1.82) is 0 Å². The van der Waals surface area contributed by atoms with Crippen LogP contribution in [-0.4, -0.2) is 28.6 Å². The molecule has 4 aromatic rings. The summed E-state index contributed by atoms with van der Waals surface area (Å²) in [4.78, 5) is 4.35. The predicted octanol–water partition coefficient (Wildman–Crippen LogP) is 11.2. The van der Waals surface area contributed by atoms with Crippen molar-refractivity contribution in [2.75, 3.05) is 13.1 Å². The van der Waals surface area contributed by atoms with Crippen LogP contribution in [0.15, 0.2) is 85.6 Å². The Labute approximate surface area is 290 Å². The van der Waals surface area contributed by atoms with Crippen LogP contribution in [0.3, 0.4) is 0 Å². The van der Waals surface area contributed by atoms with Crippen LogP contribution in [0.2, 0.25) is 0 Å². The number of fused-ring (bicyclic) bond motifs is 4. The molecule has 5 atom stereocenters. The van der Waals surface area contributed by atoms with Crippen molar-refractivity contribution >= 4 is 10.9 Å². The topological polar surface area (TPSA) is 22.1 Å². The Balaban J connectivity index is 1.49. The van der Waals surface area contributed by atoms with Gasteiger partial charge in [-0.25, -0.2) is 0 Å². The van der Waals surface area contributed by atoms with Crippen LogP contribution in [0.4, 0.5) is 52.7 Å². The number of halogens is 12. The lowest BCUT2D eigenvalue weighted by molar-refractivity contribution is -0.985. The normalized spacial score (nSPS) is 23.2. The number of benzene rings is 3. The predicted molar refractivity (Wildman–Crippen MR) is 166 cm³/mol. The van der Waals surface area contributed by atoms with Gasteiger partial charge in [0.1, 0.15) is 18.7 Å². The third kappa shape index (κ3) is 7.66. The Morgan fingerprint density at radius 3 is 1.83 bits per heavy atom. The average Bonchev–Trinajstić information content (AvgIpc) is 3.07. The number of aromatic nitrogens is 1. The van der Waals surface area contributed by atoms with Gasteiger partial charge in [-0.3, -0.25) is 4.98 Å². The van der Waals surface area contributed by atoms with Gasteiger partial charge in [0, 0.05) is 35.9 Å². The highest BCUT2D eigenvalue weighted by atomic mass is 19.4. The second-order valence-electron chi connectivity index (χ2n) is 13.5. The second kappa shape index (κ2) is 13.4. The lowest BCUT2D eigenvalue weighted by atomic mass is 9.71. The minimum atomic E-state index is -5.11. The van der Waals surface area contributed by atoms with E-state index in [-0.39, 0.29) is 47.1 Å². The molecule has 3 nitrogen and oxygen atoms in total. The summed E-state index contributed by atoms with van der Waals surface area (Å²) >= 11 is 0. The fourth-order valence-corrected chi connectivity index (χ4v) is 7.90. The maximum absolute atomic E-state index is 13.9. The Hall–Kier alpha value is -4.11. The molecule has 2 bridgehead atoms. The molecule has 3 aliphatic rings. The number of para-hydroxylation sites is 1. The molecule has 1 unspecified atom stereocenters. The van der Waals surface area contributed by atoms with Crippen molar-refractivity contribution in [1.82, 2.24) is 4.98 Å². The highest BCUT2D eigenvalue weighted by Crippen LogP contribution is 2.50. The number of nitrogens with zero attached hydrogens (tertiary/aromatic N) is 2. The number of piperidine rings is 3. The SMILES string of the molecule is C=C[C@H]1C[N+]2(Cc3cc(C(F)(F)F)cc(C(F)(F)F)c3)CC[C@H]1C[C@@H]2[C@@H](OCc1cc(C(F)(F)F)cc(C(F)(F)F)c1)c1ccnc2ccccc12. The molecule has 278 valence electrons. The third-order valence-electron chi connectivity index (χ3n) is 10.2. The van der Waals surface area contributed by atoms with Crippen molar-refractivity contribution in [3.8, 4) is 0 Å². The lowest BCUT2D eigenvalue weighted by Crippen LogP contribution is -2.67. The molecule has 4 heterocycles. The molecule has 0 saturated carbocycles. The molecular formula is C37H31F12N2O+. The molecule has 0 N–H and O–H groups in total. The zero-order chi connectivity index (χ0) is 37.9. The first-order valence-corrected chi connectivity index (χ1v) is 16.2. The Kier molecular flexibility index (Phi) is 9.69. The Bertz CT molecular complexity index is 1880. The molecule has 3 saturated heterocycles. The summed E-state index contributed by atoms with van der Waals surface area (Å²) in [5, 5.41) is 0.550. The first kappa shape index (κ1) is 37.6. The molecule has 52 heavy (non-hydrogen) atoms. The molecule has 0 aliphatic carbocycles. The van der Waals surface area contributed by atoms with Crippen LogP contribution in [0, 0.1) is 11.8 Å². The largest absolute Gasteiger partial charge is 0.416 e. The lowest BCUT2D eigenvalue weighted by Gasteiger charge is -2.58. The van der Waals surface area contributed by atoms with E-state index in [1.54, 1.807) is 36.4 Å². The van der Waals surface area contributed by atoms with Crippen LogP contribution in [-0.2, 0) is 42.6 Å². The van der Waals surface area contributed by atoms with Crippen molar-refractivity contribution in [3.63, 3.8) is 0 Å². The van der Waals surface area contributed by atoms with Gasteiger partial charge < -0.3 is 9.22 Å². The summed E-state index contributed by atoms with van der Waals surface area (Å²) < 4.78 is 172. The first-order chi connectivity index (χ1) is 24.2. The standard InChI is InChI=1S/C37H31F12N2O/c1-2-23-19-51(18-21-11-25(34(38,39)40)16-26(12-21)35(41,42)43)10-8-24(23)15-32(51)33(30-7-9-50-31-6-4-3-5-29(30)31)52-20-22-13-27(36(44,45)46)17-28(14-22)37(47,48)49/h2-7,9,11-14,16-17,23-24,32-33H,1,8,10,15,18-20H2/q+1/t23-,24-,32+,33-,51?/m0/s1. The molecule has 15 heteroatoms. The van der Waals surface area contributed by atoms with Crippen molar-refractivity contribution in [2.45, 2.75) is 62.8 Å². The molecule has 3 aliphatic heterocycles. The number of pyridine rings is 1. The van der Waals surface area contributed by atoms with Crippen LogP contribution in [0.25, 0.3) is 10.9 Å². The number of ether oxygens (including phenoxy) is 1. The molecule has 0 spiro atoms. The van der Waals surface area contributed by atoms with E-state index in [1.165, 1.54) is 6.20 Å². The number of hydrogen-bond acceptors (Lipinski definition) is 2. The zero-order valence-corrected chi connectivity index (χ0v) is 27.1. The molecule has 0 amide bonds. The van der Waals surface area contributed by atoms with Crippen LogP contribution >= 0.6 is 0 Å². The number of rotatable bonds is 8. The summed E-state index contributed by atoms with van der Waals surface area (Å²) in [7, 11) is 0. The first-order valence-electron chi connectivity index (χ1n) is 16.2. The number of alkyl halides is 12. The number of hydrogen-bond donors (Lipinski definition) is 0. The average molecular weight is 748 g/mol. The van der Waals surface area contributed by atoms with Gasteiger partial charge in [-0.1, -0.05) is 24.3 Å².